The van der Waals surface area contributed by atoms with Crippen molar-refractivity contribution in [1.29, 1.82) is 0 Å². The van der Waals surface area contributed by atoms with Gasteiger partial charge in [-0.3, -0.25) is 4.68 Å². The summed E-state index contributed by atoms with van der Waals surface area (Å²) in [6, 6.07) is 12.1. The summed E-state index contributed by atoms with van der Waals surface area (Å²) in [5, 5.41) is 4.24. The van der Waals surface area contributed by atoms with Gasteiger partial charge in [0.15, 0.2) is 17.5 Å². The van der Waals surface area contributed by atoms with Crippen LogP contribution in [0.4, 0.5) is 22.0 Å². The molecular weight excluding hydrogens is 479 g/mol. The number of methoxy groups -OCH3 is 1. The lowest BCUT2D eigenvalue weighted by Gasteiger charge is -2.35. The summed E-state index contributed by atoms with van der Waals surface area (Å²) in [7, 11) is 1.35. The summed E-state index contributed by atoms with van der Waals surface area (Å²) in [5.74, 6) is -2.11. The van der Waals surface area contributed by atoms with E-state index in [4.69, 9.17) is 4.74 Å². The van der Waals surface area contributed by atoms with E-state index < -0.39 is 35.4 Å². The van der Waals surface area contributed by atoms with Crippen LogP contribution in [0.1, 0.15) is 12.0 Å². The zero-order chi connectivity index (χ0) is 25.5. The van der Waals surface area contributed by atoms with Crippen molar-refractivity contribution < 1.29 is 26.7 Å². The Morgan fingerprint density at radius 3 is 2.47 bits per heavy atom. The first-order chi connectivity index (χ1) is 17.2. The smallest absolute Gasteiger partial charge is 0.372 e. The number of allylic oxidation sites excluding steroid dienone is 2. The summed E-state index contributed by atoms with van der Waals surface area (Å²) in [6.45, 7) is -0.0475. The molecule has 0 aromatic heterocycles. The standard InChI is InChI=1S/C26H19F5N4O/c1-36-25(11-10-17(16-6-3-2-4-7-16)19(12-25)26(29,30)31)15-35-14-22-21(13-32-35)33-24(34-22)18-8-5-9-20(27)23(18)28/h2-11,13-14H,12,15H2,1H3. The predicted molar refractivity (Wildman–Crippen MR) is 123 cm³/mol. The maximum absolute atomic E-state index is 14.2. The van der Waals surface area contributed by atoms with Gasteiger partial charge in [-0.2, -0.15) is 18.3 Å². The van der Waals surface area contributed by atoms with Crippen LogP contribution in [0.25, 0.3) is 28.3 Å². The zero-order valence-electron chi connectivity index (χ0n) is 18.9. The second-order valence-corrected chi connectivity index (χ2v) is 8.43. The molecule has 5 rings (SSSR count). The largest absolute Gasteiger partial charge is 0.413 e. The van der Waals surface area contributed by atoms with Gasteiger partial charge in [0.2, 0.25) is 0 Å². The highest BCUT2D eigenvalue weighted by atomic mass is 19.4. The molecule has 1 unspecified atom stereocenters. The summed E-state index contributed by atoms with van der Waals surface area (Å²) in [6.07, 6.45) is 0.900. The summed E-state index contributed by atoms with van der Waals surface area (Å²) in [4.78, 5) is 8.47. The van der Waals surface area contributed by atoms with Crippen LogP contribution >= 0.6 is 0 Å². The van der Waals surface area contributed by atoms with Gasteiger partial charge in [0.1, 0.15) is 17.0 Å². The number of nitrogens with zero attached hydrogens (tertiary/aromatic N) is 4. The second-order valence-electron chi connectivity index (χ2n) is 8.43. The molecule has 0 amide bonds. The van der Waals surface area contributed by atoms with E-state index >= 15 is 0 Å². The quantitative estimate of drug-likeness (QED) is 0.313. The van der Waals surface area contributed by atoms with E-state index in [0.717, 1.165) is 6.07 Å². The van der Waals surface area contributed by atoms with Crippen LogP contribution in [0, 0.1) is 11.6 Å². The van der Waals surface area contributed by atoms with Crippen molar-refractivity contribution in [3.05, 3.63) is 95.8 Å². The summed E-state index contributed by atoms with van der Waals surface area (Å²) < 4.78 is 77.1. The minimum Gasteiger partial charge on any atom is -0.372 e. The monoisotopic (exact) mass is 498 g/mol. The lowest BCUT2D eigenvalue weighted by Crippen LogP contribution is -2.39. The predicted octanol–water partition coefficient (Wildman–Crippen LogP) is 6.08. The molecule has 184 valence electrons. The molecule has 3 aliphatic rings. The van der Waals surface area contributed by atoms with Crippen LogP contribution in [0.2, 0.25) is 0 Å². The van der Waals surface area contributed by atoms with Crippen LogP contribution in [0.5, 0.6) is 0 Å². The molecule has 0 spiro atoms. The van der Waals surface area contributed by atoms with Crippen LogP contribution in [-0.2, 0) is 11.3 Å². The molecular formula is C26H19F5N4O. The van der Waals surface area contributed by atoms with Gasteiger partial charge < -0.3 is 4.74 Å². The molecule has 5 nitrogen and oxygen atoms in total. The minimum absolute atomic E-state index is 0.0182. The van der Waals surface area contributed by atoms with Crippen molar-refractivity contribution >= 4 is 5.57 Å². The average molecular weight is 498 g/mol. The Kier molecular flexibility index (Phi) is 5.91. The lowest BCUT2D eigenvalue weighted by molar-refractivity contribution is -0.103. The van der Waals surface area contributed by atoms with Crippen molar-refractivity contribution in [3.8, 4) is 22.8 Å². The number of halogens is 5. The normalized spacial score (nSPS) is 18.3. The molecule has 1 aliphatic carbocycles. The Bertz CT molecular complexity index is 1440. The molecule has 2 aliphatic heterocycles. The molecule has 0 fully saturated rings. The molecule has 2 aromatic carbocycles. The van der Waals surface area contributed by atoms with E-state index in [1.807, 2.05) is 0 Å². The molecule has 0 saturated heterocycles. The molecule has 36 heavy (non-hydrogen) atoms. The molecule has 0 bridgehead atoms. The highest BCUT2D eigenvalue weighted by Crippen LogP contribution is 2.43. The van der Waals surface area contributed by atoms with Gasteiger partial charge in [0.05, 0.1) is 24.5 Å². The Hall–Kier alpha value is -3.92. The number of fused-ring (bicyclic) bond motifs is 1. The molecule has 1 atom stereocenters. The number of ether oxygens (including phenoxy) is 1. The van der Waals surface area contributed by atoms with E-state index in [9.17, 15) is 22.0 Å². The van der Waals surface area contributed by atoms with Gasteiger partial charge in [-0.05, 0) is 23.3 Å². The summed E-state index contributed by atoms with van der Waals surface area (Å²) in [5.41, 5.74) is -0.920. The Morgan fingerprint density at radius 2 is 1.75 bits per heavy atom. The SMILES string of the molecule is COC1(Cn2cc3nc(-c4cccc(F)c4F)nc-3cn2)C=CC(c2ccccc2)=C(C(F)(F)F)C1. The number of aromatic nitrogens is 4. The minimum atomic E-state index is -4.57. The summed E-state index contributed by atoms with van der Waals surface area (Å²) >= 11 is 0. The average Bonchev–Trinajstić information content (AvgIpc) is 3.29. The van der Waals surface area contributed by atoms with Crippen molar-refractivity contribution in [2.45, 2.75) is 24.7 Å². The maximum atomic E-state index is 14.2. The van der Waals surface area contributed by atoms with Gasteiger partial charge in [-0.25, -0.2) is 18.7 Å². The molecule has 2 heterocycles. The fraction of sp³-hybridized carbons (Fsp3) is 0.192. The third-order valence-electron chi connectivity index (χ3n) is 6.13. The first-order valence-electron chi connectivity index (χ1n) is 10.9. The lowest BCUT2D eigenvalue weighted by atomic mass is 9.83. The van der Waals surface area contributed by atoms with Crippen LogP contribution in [-0.4, -0.2) is 38.6 Å². The number of hydrogen-bond donors (Lipinski definition) is 0. The maximum Gasteiger partial charge on any atom is 0.413 e. The number of benzene rings is 2. The Morgan fingerprint density at radius 1 is 1.00 bits per heavy atom. The molecule has 2 aromatic rings. The first kappa shape index (κ1) is 23.8. The molecule has 0 saturated carbocycles. The molecule has 10 heteroatoms. The fourth-order valence-corrected chi connectivity index (χ4v) is 4.26. The van der Waals surface area contributed by atoms with E-state index in [0.29, 0.717) is 17.0 Å². The number of imidazole rings is 1. The Balaban J connectivity index is 1.48. The van der Waals surface area contributed by atoms with Gasteiger partial charge >= 0.3 is 6.18 Å². The van der Waals surface area contributed by atoms with E-state index in [-0.39, 0.29) is 23.5 Å². The number of rotatable bonds is 5. The number of alkyl halides is 3. The molecule has 0 radical (unpaired) electrons. The zero-order valence-corrected chi connectivity index (χ0v) is 18.9. The van der Waals surface area contributed by atoms with Crippen LogP contribution in [0.3, 0.4) is 0 Å². The third-order valence-corrected chi connectivity index (χ3v) is 6.13. The second kappa shape index (κ2) is 8.94. The molecule has 0 N–H and O–H groups in total. The fourth-order valence-electron chi connectivity index (χ4n) is 4.26. The van der Waals surface area contributed by atoms with Crippen LogP contribution in [0.15, 0.2) is 78.6 Å². The first-order valence-corrected chi connectivity index (χ1v) is 10.9. The van der Waals surface area contributed by atoms with Gasteiger partial charge in [0.25, 0.3) is 0 Å². The van der Waals surface area contributed by atoms with E-state index in [2.05, 4.69) is 15.1 Å². The van der Waals surface area contributed by atoms with E-state index in [1.165, 1.54) is 42.4 Å². The van der Waals surface area contributed by atoms with Crippen molar-refractivity contribution in [1.82, 2.24) is 19.7 Å². The van der Waals surface area contributed by atoms with Crippen LogP contribution < -0.4 is 0 Å². The van der Waals surface area contributed by atoms with Gasteiger partial charge in [-0.1, -0.05) is 48.6 Å². The van der Waals surface area contributed by atoms with Gasteiger partial charge in [0, 0.05) is 19.1 Å². The highest BCUT2D eigenvalue weighted by molar-refractivity contribution is 5.79. The van der Waals surface area contributed by atoms with Crippen molar-refractivity contribution in [2.24, 2.45) is 0 Å². The topological polar surface area (TPSA) is 52.8 Å². The van der Waals surface area contributed by atoms with Gasteiger partial charge in [-0.15, -0.1) is 0 Å². The third kappa shape index (κ3) is 4.39. The van der Waals surface area contributed by atoms with Crippen molar-refractivity contribution in [3.63, 3.8) is 0 Å². The van der Waals surface area contributed by atoms with Crippen molar-refractivity contribution in [2.75, 3.05) is 7.11 Å². The highest BCUT2D eigenvalue weighted by Gasteiger charge is 2.44. The number of hydrogen-bond acceptors (Lipinski definition) is 4. The Labute approximate surface area is 202 Å². The van der Waals surface area contributed by atoms with E-state index in [1.54, 1.807) is 36.4 Å².